The van der Waals surface area contributed by atoms with Gasteiger partial charge in [0.2, 0.25) is 10.0 Å². The van der Waals surface area contributed by atoms with Crippen molar-refractivity contribution in [1.82, 2.24) is 4.72 Å². The fourth-order valence-electron chi connectivity index (χ4n) is 1.74. The molecule has 4 nitrogen and oxygen atoms in total. The maximum atomic E-state index is 12.0. The van der Waals surface area contributed by atoms with Gasteiger partial charge in [-0.05, 0) is 49.7 Å². The van der Waals surface area contributed by atoms with Crippen molar-refractivity contribution in [2.45, 2.75) is 18.1 Å². The summed E-state index contributed by atoms with van der Waals surface area (Å²) in [5.74, 6) is 0.700. The molecule has 0 fully saturated rings. The van der Waals surface area contributed by atoms with E-state index in [9.17, 15) is 8.42 Å². The van der Waals surface area contributed by atoms with Gasteiger partial charge in [0.25, 0.3) is 0 Å². The van der Waals surface area contributed by atoms with Crippen LogP contribution >= 0.6 is 22.9 Å². The van der Waals surface area contributed by atoms with Crippen molar-refractivity contribution in [2.24, 2.45) is 0 Å². The van der Waals surface area contributed by atoms with Gasteiger partial charge in [0.15, 0.2) is 0 Å². The molecule has 114 valence electrons. The summed E-state index contributed by atoms with van der Waals surface area (Å²) >= 11 is 7.11. The van der Waals surface area contributed by atoms with E-state index in [2.05, 4.69) is 4.72 Å². The Morgan fingerprint density at radius 1 is 1.24 bits per heavy atom. The first-order chi connectivity index (χ1) is 9.88. The highest BCUT2D eigenvalue weighted by atomic mass is 35.5. The molecule has 2 rings (SSSR count). The van der Waals surface area contributed by atoms with Crippen LogP contribution in [-0.2, 0) is 10.0 Å². The highest BCUT2D eigenvalue weighted by Crippen LogP contribution is 2.22. The predicted molar refractivity (Wildman–Crippen MR) is 85.9 cm³/mol. The van der Waals surface area contributed by atoms with Crippen LogP contribution in [0.5, 0.6) is 5.75 Å². The molecule has 0 aliphatic heterocycles. The molecule has 0 radical (unpaired) electrons. The van der Waals surface area contributed by atoms with Gasteiger partial charge in [-0.2, -0.15) is 0 Å². The molecule has 0 atom stereocenters. The van der Waals surface area contributed by atoms with Crippen LogP contribution in [-0.4, -0.2) is 21.6 Å². The van der Waals surface area contributed by atoms with Crippen molar-refractivity contribution in [3.05, 3.63) is 45.8 Å². The molecule has 7 heteroatoms. The lowest BCUT2D eigenvalue weighted by molar-refractivity contribution is 0.321. The average molecular weight is 346 g/mol. The molecule has 0 saturated carbocycles. The van der Waals surface area contributed by atoms with Gasteiger partial charge in [-0.3, -0.25) is 0 Å². The van der Waals surface area contributed by atoms with Crippen LogP contribution in [0.15, 0.2) is 34.5 Å². The number of benzene rings is 1. The van der Waals surface area contributed by atoms with Crippen molar-refractivity contribution in [2.75, 3.05) is 13.2 Å². The molecule has 1 aromatic heterocycles. The summed E-state index contributed by atoms with van der Waals surface area (Å²) in [6, 6.07) is 8.70. The van der Waals surface area contributed by atoms with E-state index >= 15 is 0 Å². The molecule has 0 spiro atoms. The third kappa shape index (κ3) is 4.44. The molecule has 0 unspecified atom stereocenters. The predicted octanol–water partition coefficient (Wildman–Crippen LogP) is 3.38. The number of sulfonamides is 1. The van der Waals surface area contributed by atoms with Crippen LogP contribution in [0.1, 0.15) is 10.4 Å². The van der Waals surface area contributed by atoms with Gasteiger partial charge in [0, 0.05) is 16.4 Å². The maximum Gasteiger partial charge on any atom is 0.250 e. The van der Waals surface area contributed by atoms with Crippen LogP contribution in [0.4, 0.5) is 0 Å². The number of aryl methyl sites for hydroxylation is 2. The Balaban J connectivity index is 1.87. The van der Waals surface area contributed by atoms with Crippen LogP contribution < -0.4 is 9.46 Å². The van der Waals surface area contributed by atoms with E-state index in [0.717, 1.165) is 10.4 Å². The molecular weight excluding hydrogens is 330 g/mol. The van der Waals surface area contributed by atoms with E-state index in [1.165, 1.54) is 11.3 Å². The summed E-state index contributed by atoms with van der Waals surface area (Å²) in [6.07, 6.45) is 0. The van der Waals surface area contributed by atoms with Gasteiger partial charge >= 0.3 is 0 Å². The van der Waals surface area contributed by atoms with Crippen molar-refractivity contribution >= 4 is 33.0 Å². The van der Waals surface area contributed by atoms with Gasteiger partial charge in [-0.15, -0.1) is 11.3 Å². The largest absolute Gasteiger partial charge is 0.492 e. The molecule has 0 bridgehead atoms. The van der Waals surface area contributed by atoms with Crippen LogP contribution in [0, 0.1) is 13.8 Å². The van der Waals surface area contributed by atoms with E-state index in [-0.39, 0.29) is 13.2 Å². The number of hydrogen-bond acceptors (Lipinski definition) is 4. The minimum atomic E-state index is -3.44. The smallest absolute Gasteiger partial charge is 0.250 e. The second-order valence-electron chi connectivity index (χ2n) is 4.52. The zero-order chi connectivity index (χ0) is 15.5. The molecule has 0 aliphatic rings. The highest BCUT2D eigenvalue weighted by Gasteiger charge is 2.15. The van der Waals surface area contributed by atoms with Gasteiger partial charge in [0.05, 0.1) is 0 Å². The van der Waals surface area contributed by atoms with Gasteiger partial charge in [-0.1, -0.05) is 11.6 Å². The SMILES string of the molecule is Cc1ccc(S(=O)(=O)NCCOc2ccc(Cl)cc2C)s1. The first kappa shape index (κ1) is 16.3. The molecule has 0 saturated heterocycles. The maximum absolute atomic E-state index is 12.0. The fourth-order valence-corrected chi connectivity index (χ4v) is 4.31. The molecular formula is C14H16ClNO3S2. The number of nitrogens with one attached hydrogen (secondary N) is 1. The Labute approximate surface area is 133 Å². The minimum Gasteiger partial charge on any atom is -0.492 e. The lowest BCUT2D eigenvalue weighted by Crippen LogP contribution is -2.27. The Bertz CT molecular complexity index is 726. The van der Waals surface area contributed by atoms with Crippen molar-refractivity contribution in [1.29, 1.82) is 0 Å². The normalized spacial score (nSPS) is 11.6. The number of thiophene rings is 1. The third-order valence-corrected chi connectivity index (χ3v) is 5.96. The van der Waals surface area contributed by atoms with Crippen LogP contribution in [0.3, 0.4) is 0 Å². The highest BCUT2D eigenvalue weighted by molar-refractivity contribution is 7.91. The molecule has 1 N–H and O–H groups in total. The summed E-state index contributed by atoms with van der Waals surface area (Å²) in [7, 11) is -3.44. The summed E-state index contributed by atoms with van der Waals surface area (Å²) < 4.78 is 32.4. The lowest BCUT2D eigenvalue weighted by atomic mass is 10.2. The number of rotatable bonds is 6. The van der Waals surface area contributed by atoms with Crippen molar-refractivity contribution in [3.63, 3.8) is 0 Å². The standard InChI is InChI=1S/C14H16ClNO3S2/c1-10-9-12(15)4-5-13(10)19-8-7-16-21(17,18)14-6-3-11(2)20-14/h3-6,9,16H,7-8H2,1-2H3. The molecule has 1 aromatic carbocycles. The summed E-state index contributed by atoms with van der Waals surface area (Å²) in [6.45, 7) is 4.23. The number of hydrogen-bond donors (Lipinski definition) is 1. The van der Waals surface area contributed by atoms with E-state index in [1.54, 1.807) is 30.3 Å². The van der Waals surface area contributed by atoms with E-state index in [0.29, 0.717) is 15.0 Å². The number of halogens is 1. The Morgan fingerprint density at radius 3 is 2.62 bits per heavy atom. The first-order valence-electron chi connectivity index (χ1n) is 6.33. The van der Waals surface area contributed by atoms with Crippen LogP contribution in [0.2, 0.25) is 5.02 Å². The topological polar surface area (TPSA) is 55.4 Å². The summed E-state index contributed by atoms with van der Waals surface area (Å²) in [5.41, 5.74) is 0.916. The Hall–Kier alpha value is -1.08. The zero-order valence-electron chi connectivity index (χ0n) is 11.7. The van der Waals surface area contributed by atoms with Gasteiger partial charge in [0.1, 0.15) is 16.6 Å². The van der Waals surface area contributed by atoms with Crippen LogP contribution in [0.25, 0.3) is 0 Å². The second-order valence-corrected chi connectivity index (χ2v) is 8.24. The van der Waals surface area contributed by atoms with Gasteiger partial charge < -0.3 is 4.74 Å². The molecule has 1 heterocycles. The minimum absolute atomic E-state index is 0.210. The Kier molecular flexibility index (Phi) is 5.27. The van der Waals surface area contributed by atoms with E-state index in [1.807, 2.05) is 13.8 Å². The number of ether oxygens (including phenoxy) is 1. The molecule has 21 heavy (non-hydrogen) atoms. The third-order valence-electron chi connectivity index (χ3n) is 2.77. The monoisotopic (exact) mass is 345 g/mol. The Morgan fingerprint density at radius 2 is 2.00 bits per heavy atom. The quantitative estimate of drug-likeness (QED) is 0.816. The molecule has 0 aliphatic carbocycles. The first-order valence-corrected chi connectivity index (χ1v) is 9.01. The molecule has 2 aromatic rings. The molecule has 0 amide bonds. The van der Waals surface area contributed by atoms with E-state index in [4.69, 9.17) is 16.3 Å². The van der Waals surface area contributed by atoms with E-state index < -0.39 is 10.0 Å². The van der Waals surface area contributed by atoms with Gasteiger partial charge in [-0.25, -0.2) is 13.1 Å². The average Bonchev–Trinajstić information content (AvgIpc) is 2.84. The van der Waals surface area contributed by atoms with Crippen molar-refractivity contribution in [3.8, 4) is 5.75 Å². The zero-order valence-corrected chi connectivity index (χ0v) is 14.1. The summed E-state index contributed by atoms with van der Waals surface area (Å²) in [4.78, 5) is 0.961. The second kappa shape index (κ2) is 6.79. The lowest BCUT2D eigenvalue weighted by Gasteiger charge is -2.10. The fraction of sp³-hybridized carbons (Fsp3) is 0.286. The van der Waals surface area contributed by atoms with Crippen molar-refractivity contribution < 1.29 is 13.2 Å². The summed E-state index contributed by atoms with van der Waals surface area (Å²) in [5, 5.41) is 0.647.